The summed E-state index contributed by atoms with van der Waals surface area (Å²) in [4.78, 5) is 24.8. The van der Waals surface area contributed by atoms with Crippen molar-refractivity contribution in [3.63, 3.8) is 0 Å². The molecule has 1 aliphatic carbocycles. The molecule has 0 spiro atoms. The van der Waals surface area contributed by atoms with Crippen LogP contribution in [0.25, 0.3) is 22.3 Å². The molecule has 4 aromatic rings. The Morgan fingerprint density at radius 1 is 1.11 bits per heavy atom. The van der Waals surface area contributed by atoms with Gasteiger partial charge < -0.3 is 25.2 Å². The number of hydrogen-bond acceptors (Lipinski definition) is 8. The number of hydrogen-bond donors (Lipinski definition) is 3. The average molecular weight is 501 g/mol. The van der Waals surface area contributed by atoms with Crippen LogP contribution in [0.3, 0.4) is 0 Å². The van der Waals surface area contributed by atoms with Crippen LogP contribution < -0.4 is 10.6 Å². The maximum Gasteiger partial charge on any atom is 0.254 e. The summed E-state index contributed by atoms with van der Waals surface area (Å²) in [7, 11) is 3.65. The Kier molecular flexibility index (Phi) is 6.80. The number of nitrogens with zero attached hydrogens (tertiary/aromatic N) is 4. The van der Waals surface area contributed by atoms with Gasteiger partial charge in [0, 0.05) is 37.0 Å². The quantitative estimate of drug-likeness (QED) is 0.290. The summed E-state index contributed by atoms with van der Waals surface area (Å²) >= 11 is 0. The summed E-state index contributed by atoms with van der Waals surface area (Å²) in [5.41, 5.74) is 6.12. The van der Waals surface area contributed by atoms with Crippen LogP contribution >= 0.6 is 0 Å². The molecule has 0 saturated heterocycles. The first-order valence-corrected chi connectivity index (χ1v) is 12.6. The lowest BCUT2D eigenvalue weighted by molar-refractivity contribution is 0.0774. The maximum absolute atomic E-state index is 13.7. The molecular weight excluding hydrogens is 468 g/mol. The zero-order valence-electron chi connectivity index (χ0n) is 21.6. The number of pyridine rings is 2. The van der Waals surface area contributed by atoms with E-state index >= 15 is 0 Å². The van der Waals surface area contributed by atoms with Crippen LogP contribution in [0.2, 0.25) is 0 Å². The van der Waals surface area contributed by atoms with Gasteiger partial charge in [-0.25, -0.2) is 9.97 Å². The van der Waals surface area contributed by atoms with E-state index in [0.717, 1.165) is 48.6 Å². The van der Waals surface area contributed by atoms with Crippen molar-refractivity contribution in [1.82, 2.24) is 25.3 Å². The lowest BCUT2D eigenvalue weighted by atomic mass is 10.0. The van der Waals surface area contributed by atoms with Gasteiger partial charge in [-0.2, -0.15) is 0 Å². The number of aromatic nitrogens is 3. The lowest BCUT2D eigenvalue weighted by Crippen LogP contribution is -2.26. The highest BCUT2D eigenvalue weighted by atomic mass is 16.5. The predicted octanol–water partition coefficient (Wildman–Crippen LogP) is 4.39. The number of amides is 1. The number of benzene rings is 1. The van der Waals surface area contributed by atoms with Crippen LogP contribution in [-0.2, 0) is 6.54 Å². The fourth-order valence-corrected chi connectivity index (χ4v) is 4.50. The summed E-state index contributed by atoms with van der Waals surface area (Å²) in [6.07, 6.45) is 2.27. The SMILES string of the molecule is CNCCNc1ccc(-c2cc(C(=O)N(C)Cc3onc(C4CC4)c3C)c3cc(O)ccc3n2)nc1C. The largest absolute Gasteiger partial charge is 0.508 e. The van der Waals surface area contributed by atoms with Crippen molar-refractivity contribution < 1.29 is 14.4 Å². The number of rotatable bonds is 9. The number of fused-ring (bicyclic) bond motifs is 1. The first-order chi connectivity index (χ1) is 17.9. The molecular formula is C28H32N6O3. The van der Waals surface area contributed by atoms with Crippen molar-refractivity contribution in [3.05, 3.63) is 64.7 Å². The number of carbonyl (C=O) groups excluding carboxylic acids is 1. The number of phenols is 1. The van der Waals surface area contributed by atoms with Crippen LogP contribution in [0.4, 0.5) is 5.69 Å². The third kappa shape index (κ3) is 5.13. The Labute approximate surface area is 215 Å². The topological polar surface area (TPSA) is 116 Å². The average Bonchev–Trinajstić information content (AvgIpc) is 3.67. The third-order valence-electron chi connectivity index (χ3n) is 6.81. The molecule has 1 aliphatic rings. The molecule has 0 radical (unpaired) electrons. The lowest BCUT2D eigenvalue weighted by Gasteiger charge is -2.18. The summed E-state index contributed by atoms with van der Waals surface area (Å²) in [5, 5.41) is 21.5. The number of aromatic hydroxyl groups is 1. The molecule has 37 heavy (non-hydrogen) atoms. The summed E-state index contributed by atoms with van der Waals surface area (Å²) in [6.45, 7) is 5.87. The van der Waals surface area contributed by atoms with Crippen molar-refractivity contribution in [2.75, 3.05) is 32.5 Å². The van der Waals surface area contributed by atoms with Crippen LogP contribution in [0.5, 0.6) is 5.75 Å². The number of nitrogens with one attached hydrogen (secondary N) is 2. The third-order valence-corrected chi connectivity index (χ3v) is 6.81. The van der Waals surface area contributed by atoms with E-state index in [1.807, 2.05) is 33.0 Å². The molecule has 1 amide bonds. The van der Waals surface area contributed by atoms with Crippen LogP contribution in [0.15, 0.2) is 40.9 Å². The smallest absolute Gasteiger partial charge is 0.254 e. The molecule has 1 fully saturated rings. The van der Waals surface area contributed by atoms with E-state index in [0.29, 0.717) is 46.1 Å². The fraction of sp³-hybridized carbons (Fsp3) is 0.357. The Balaban J connectivity index is 1.48. The Morgan fingerprint density at radius 3 is 2.65 bits per heavy atom. The van der Waals surface area contributed by atoms with Gasteiger partial charge in [0.15, 0.2) is 5.76 Å². The monoisotopic (exact) mass is 500 g/mol. The van der Waals surface area contributed by atoms with Gasteiger partial charge in [0.2, 0.25) is 0 Å². The Morgan fingerprint density at radius 2 is 1.92 bits per heavy atom. The second-order valence-corrected chi connectivity index (χ2v) is 9.67. The second-order valence-electron chi connectivity index (χ2n) is 9.67. The van der Waals surface area contributed by atoms with Crippen molar-refractivity contribution in [2.24, 2.45) is 0 Å². The van der Waals surface area contributed by atoms with Crippen LogP contribution in [0, 0.1) is 13.8 Å². The molecule has 3 aromatic heterocycles. The summed E-state index contributed by atoms with van der Waals surface area (Å²) < 4.78 is 5.60. The summed E-state index contributed by atoms with van der Waals surface area (Å²) in [5.74, 6) is 1.04. The molecule has 9 nitrogen and oxygen atoms in total. The van der Waals surface area contributed by atoms with Crippen molar-refractivity contribution >= 4 is 22.5 Å². The van der Waals surface area contributed by atoms with Gasteiger partial charge in [-0.3, -0.25) is 4.79 Å². The number of aryl methyl sites for hydroxylation is 1. The van der Waals surface area contributed by atoms with Gasteiger partial charge in [0.05, 0.1) is 46.1 Å². The number of anilines is 1. The minimum absolute atomic E-state index is 0.0740. The molecule has 5 rings (SSSR count). The molecule has 192 valence electrons. The van der Waals surface area contributed by atoms with Gasteiger partial charge in [-0.15, -0.1) is 0 Å². The van der Waals surface area contributed by atoms with Crippen molar-refractivity contribution in [3.8, 4) is 17.1 Å². The zero-order chi connectivity index (χ0) is 26.1. The molecule has 1 aromatic carbocycles. The van der Waals surface area contributed by atoms with E-state index in [1.165, 1.54) is 0 Å². The van der Waals surface area contributed by atoms with Crippen LogP contribution in [0.1, 0.15) is 51.8 Å². The second kappa shape index (κ2) is 10.2. The first-order valence-electron chi connectivity index (χ1n) is 12.6. The van der Waals surface area contributed by atoms with Crippen molar-refractivity contribution in [2.45, 2.75) is 39.2 Å². The molecule has 1 saturated carbocycles. The molecule has 0 unspecified atom stereocenters. The van der Waals surface area contributed by atoms with E-state index in [-0.39, 0.29) is 11.7 Å². The number of likely N-dealkylation sites (N-methyl/N-ethyl adjacent to an activating group) is 1. The van der Waals surface area contributed by atoms with Gasteiger partial charge in [0.25, 0.3) is 5.91 Å². The molecule has 9 heteroatoms. The first kappa shape index (κ1) is 24.7. The van der Waals surface area contributed by atoms with E-state index < -0.39 is 0 Å². The zero-order valence-corrected chi connectivity index (χ0v) is 21.6. The Hall–Kier alpha value is -3.98. The molecule has 3 N–H and O–H groups in total. The Bertz CT molecular complexity index is 1460. The fourth-order valence-electron chi connectivity index (χ4n) is 4.50. The molecule has 3 heterocycles. The van der Waals surface area contributed by atoms with E-state index in [9.17, 15) is 9.90 Å². The van der Waals surface area contributed by atoms with Gasteiger partial charge in [-0.05, 0) is 70.1 Å². The highest BCUT2D eigenvalue weighted by molar-refractivity contribution is 6.07. The van der Waals surface area contributed by atoms with E-state index in [1.54, 1.807) is 36.2 Å². The standard InChI is InChI=1S/C28H32N6O3/c1-16-26(37-33-27(16)18-5-6-18)15-34(4)28(36)21-14-25(32-23-8-7-19(35)13-20(21)23)24-10-9-22(17(2)31-24)30-12-11-29-3/h7-10,13-14,18,29-30,35H,5-6,11-12,15H2,1-4H3. The predicted molar refractivity (Wildman–Crippen MR) is 143 cm³/mol. The number of carbonyl (C=O) groups is 1. The van der Waals surface area contributed by atoms with Crippen molar-refractivity contribution in [1.29, 1.82) is 0 Å². The molecule has 0 aliphatic heterocycles. The van der Waals surface area contributed by atoms with E-state index in [4.69, 9.17) is 14.5 Å². The highest BCUT2D eigenvalue weighted by Crippen LogP contribution is 2.41. The summed E-state index contributed by atoms with van der Waals surface area (Å²) in [6, 6.07) is 10.5. The molecule has 0 bridgehead atoms. The maximum atomic E-state index is 13.7. The molecule has 0 atom stereocenters. The highest BCUT2D eigenvalue weighted by Gasteiger charge is 2.30. The minimum atomic E-state index is -0.204. The van der Waals surface area contributed by atoms with Gasteiger partial charge >= 0.3 is 0 Å². The van der Waals surface area contributed by atoms with Gasteiger partial charge in [0.1, 0.15) is 5.75 Å². The van der Waals surface area contributed by atoms with Gasteiger partial charge in [-0.1, -0.05) is 5.16 Å². The minimum Gasteiger partial charge on any atom is -0.508 e. The van der Waals surface area contributed by atoms with Crippen LogP contribution in [-0.4, -0.2) is 58.2 Å². The normalized spacial score (nSPS) is 13.2. The number of phenolic OH excluding ortho intramolecular Hbond substituents is 1. The van der Waals surface area contributed by atoms with E-state index in [2.05, 4.69) is 15.8 Å².